The maximum Gasteiger partial charge on any atom is 0.434 e. The first-order chi connectivity index (χ1) is 18.4. The van der Waals surface area contributed by atoms with E-state index >= 15 is 0 Å². The van der Waals surface area contributed by atoms with Gasteiger partial charge in [0, 0.05) is 56.0 Å². The molecule has 5 rings (SSSR count). The van der Waals surface area contributed by atoms with E-state index in [0.717, 1.165) is 41.7 Å². The number of hydrogen-bond donors (Lipinski definition) is 1. The number of anilines is 1. The molecule has 0 amide bonds. The van der Waals surface area contributed by atoms with Gasteiger partial charge in [0.1, 0.15) is 12.0 Å². The van der Waals surface area contributed by atoms with Crippen LogP contribution in [0, 0.1) is 5.41 Å². The summed E-state index contributed by atoms with van der Waals surface area (Å²) in [4.78, 5) is 23.9. The van der Waals surface area contributed by atoms with Crippen LogP contribution < -0.4 is 15.4 Å². The number of rotatable bonds is 5. The van der Waals surface area contributed by atoms with Gasteiger partial charge >= 0.3 is 6.18 Å². The number of nitrogens with two attached hydrogens (primary N) is 1. The Kier molecular flexibility index (Phi) is 6.59. The average Bonchev–Trinajstić information content (AvgIpc) is 3.67. The highest BCUT2D eigenvalue weighted by Crippen LogP contribution is 2.45. The number of pyridine rings is 1. The number of aromatic nitrogens is 5. The topological polar surface area (TPSA) is 107 Å². The van der Waals surface area contributed by atoms with Crippen LogP contribution in [0.3, 0.4) is 0 Å². The van der Waals surface area contributed by atoms with Gasteiger partial charge in [0.15, 0.2) is 11.5 Å². The van der Waals surface area contributed by atoms with Crippen LogP contribution in [0.5, 0.6) is 5.88 Å². The summed E-state index contributed by atoms with van der Waals surface area (Å²) >= 11 is 0. The molecular weight excluding hydrogens is 509 g/mol. The van der Waals surface area contributed by atoms with E-state index in [1.807, 2.05) is 6.07 Å². The summed E-state index contributed by atoms with van der Waals surface area (Å²) in [5.74, 6) is 0.898. The van der Waals surface area contributed by atoms with E-state index in [1.54, 1.807) is 26.4 Å². The predicted octanol–water partition coefficient (Wildman–Crippen LogP) is 4.46. The molecule has 0 unspecified atom stereocenters. The van der Waals surface area contributed by atoms with Crippen molar-refractivity contribution in [2.75, 3.05) is 32.1 Å². The Morgan fingerprint density at radius 3 is 2.49 bits per heavy atom. The van der Waals surface area contributed by atoms with Crippen LogP contribution in [0.25, 0.3) is 17.2 Å². The number of halogens is 3. The molecule has 2 N–H and O–H groups in total. The van der Waals surface area contributed by atoms with Crippen molar-refractivity contribution in [3.8, 4) is 17.4 Å². The van der Waals surface area contributed by atoms with Crippen molar-refractivity contribution in [1.82, 2.24) is 24.5 Å². The Hall–Kier alpha value is -3.96. The van der Waals surface area contributed by atoms with Gasteiger partial charge in [-0.3, -0.25) is 9.98 Å². The van der Waals surface area contributed by atoms with Gasteiger partial charge in [-0.2, -0.15) is 13.2 Å². The normalized spacial score (nSPS) is 19.9. The molecule has 1 saturated carbocycles. The van der Waals surface area contributed by atoms with Crippen molar-refractivity contribution in [3.05, 3.63) is 53.4 Å². The second-order valence-electron chi connectivity index (χ2n) is 10.6. The van der Waals surface area contributed by atoms with Gasteiger partial charge in [0.2, 0.25) is 5.88 Å². The van der Waals surface area contributed by atoms with Gasteiger partial charge in [-0.1, -0.05) is 13.8 Å². The SMILES string of the molecule is CN=C1/C(=C(\N)c2c(OC)ncnc2C2CC2)CN(c2ccc(-c3nc(C(F)(F)F)cn3C)nc2)CC1(C)C. The zero-order valence-electron chi connectivity index (χ0n) is 22.5. The number of alkyl halides is 3. The first-order valence-electron chi connectivity index (χ1n) is 12.6. The van der Waals surface area contributed by atoms with E-state index < -0.39 is 11.9 Å². The van der Waals surface area contributed by atoms with Crippen LogP contribution in [-0.2, 0) is 13.2 Å². The molecule has 0 aromatic carbocycles. The van der Waals surface area contributed by atoms with E-state index in [2.05, 4.69) is 43.7 Å². The zero-order valence-corrected chi connectivity index (χ0v) is 22.5. The lowest BCUT2D eigenvalue weighted by Crippen LogP contribution is -2.48. The number of methoxy groups -OCH3 is 1. The Bertz CT molecular complexity index is 1450. The lowest BCUT2D eigenvalue weighted by molar-refractivity contribution is -0.140. The fourth-order valence-electron chi connectivity index (χ4n) is 5.27. The van der Waals surface area contributed by atoms with Gasteiger partial charge < -0.3 is 19.9 Å². The number of nitrogens with zero attached hydrogens (tertiary/aromatic N) is 7. The van der Waals surface area contributed by atoms with Gasteiger partial charge in [0.25, 0.3) is 0 Å². The van der Waals surface area contributed by atoms with Crippen molar-refractivity contribution >= 4 is 17.1 Å². The molecular formula is C27H31F3N8O. The molecule has 1 saturated heterocycles. The molecule has 0 atom stereocenters. The molecule has 1 aliphatic carbocycles. The standard InChI is InChI=1S/C27H31F3N8O/c1-26(2)13-38(16-8-9-18(33-10-16)24-36-19(12-37(24)4)27(28,29)30)11-17(23(26)32-3)21(31)20-22(15-6-7-15)34-14-35-25(20)39-5/h8-10,12,14-15H,6-7,11,13,31H2,1-5H3/b21-17-,32-23?. The van der Waals surface area contributed by atoms with Gasteiger partial charge in [0.05, 0.1) is 35.9 Å². The zero-order chi connectivity index (χ0) is 28.1. The second kappa shape index (κ2) is 9.65. The molecule has 9 nitrogen and oxygen atoms in total. The van der Waals surface area contributed by atoms with Crippen LogP contribution in [0.1, 0.15) is 49.6 Å². The fraction of sp³-hybridized carbons (Fsp3) is 0.444. The first kappa shape index (κ1) is 26.6. The number of hydrogen-bond acceptors (Lipinski definition) is 8. The minimum atomic E-state index is -4.53. The van der Waals surface area contributed by atoms with Gasteiger partial charge in [-0.05, 0) is 25.0 Å². The third kappa shape index (κ3) is 4.95. The van der Waals surface area contributed by atoms with E-state index in [1.165, 1.54) is 17.9 Å². The third-order valence-electron chi connectivity index (χ3n) is 7.19. The number of imidazole rings is 1. The summed E-state index contributed by atoms with van der Waals surface area (Å²) in [6, 6.07) is 3.52. The van der Waals surface area contributed by atoms with Crippen LogP contribution in [0.15, 0.2) is 41.4 Å². The van der Waals surface area contributed by atoms with E-state index in [9.17, 15) is 13.2 Å². The van der Waals surface area contributed by atoms with Crippen molar-refractivity contribution in [1.29, 1.82) is 0 Å². The number of ether oxygens (including phenoxy) is 1. The summed E-state index contributed by atoms with van der Waals surface area (Å²) in [6.45, 7) is 5.29. The Labute approximate surface area is 224 Å². The van der Waals surface area contributed by atoms with Crippen molar-refractivity contribution in [2.45, 2.75) is 38.8 Å². The van der Waals surface area contributed by atoms with Crippen LogP contribution >= 0.6 is 0 Å². The van der Waals surface area contributed by atoms with E-state index in [-0.39, 0.29) is 11.2 Å². The van der Waals surface area contributed by atoms with Crippen LogP contribution in [0.4, 0.5) is 18.9 Å². The Morgan fingerprint density at radius 1 is 1.18 bits per heavy atom. The molecule has 3 aromatic heterocycles. The summed E-state index contributed by atoms with van der Waals surface area (Å²) < 4.78 is 46.3. The maximum atomic E-state index is 13.1. The molecule has 2 aliphatic rings. The van der Waals surface area contributed by atoms with E-state index in [4.69, 9.17) is 10.5 Å². The van der Waals surface area contributed by atoms with Crippen molar-refractivity contribution < 1.29 is 17.9 Å². The molecule has 39 heavy (non-hydrogen) atoms. The lowest BCUT2D eigenvalue weighted by atomic mass is 9.77. The smallest absolute Gasteiger partial charge is 0.434 e. The second-order valence-corrected chi connectivity index (χ2v) is 10.6. The first-order valence-corrected chi connectivity index (χ1v) is 12.6. The highest BCUT2D eigenvalue weighted by Gasteiger charge is 2.39. The fourth-order valence-corrected chi connectivity index (χ4v) is 5.27. The monoisotopic (exact) mass is 540 g/mol. The molecule has 1 aliphatic heterocycles. The average molecular weight is 541 g/mol. The predicted molar refractivity (Wildman–Crippen MR) is 142 cm³/mol. The van der Waals surface area contributed by atoms with Crippen LogP contribution in [-0.4, -0.2) is 57.5 Å². The van der Waals surface area contributed by atoms with Crippen molar-refractivity contribution in [2.24, 2.45) is 23.2 Å². The molecule has 0 radical (unpaired) electrons. The molecule has 0 spiro atoms. The largest absolute Gasteiger partial charge is 0.480 e. The molecule has 3 aromatic rings. The molecule has 2 fully saturated rings. The number of aliphatic imine (C=N–C) groups is 1. The molecule has 12 heteroatoms. The Balaban J connectivity index is 1.53. The van der Waals surface area contributed by atoms with E-state index in [0.29, 0.717) is 41.8 Å². The minimum Gasteiger partial charge on any atom is -0.480 e. The summed E-state index contributed by atoms with van der Waals surface area (Å²) in [7, 11) is 4.85. The minimum absolute atomic E-state index is 0.141. The summed E-state index contributed by atoms with van der Waals surface area (Å²) in [6.07, 6.45) is 1.67. The molecule has 206 valence electrons. The molecule has 0 bridgehead atoms. The highest BCUT2D eigenvalue weighted by molar-refractivity contribution is 6.11. The Morgan fingerprint density at radius 2 is 1.92 bits per heavy atom. The summed E-state index contributed by atoms with van der Waals surface area (Å²) in [5.41, 5.74) is 10.6. The van der Waals surface area contributed by atoms with Gasteiger partial charge in [-0.25, -0.2) is 15.0 Å². The number of piperidine rings is 1. The lowest BCUT2D eigenvalue weighted by Gasteiger charge is -2.42. The van der Waals surface area contributed by atoms with Gasteiger partial charge in [-0.15, -0.1) is 0 Å². The highest BCUT2D eigenvalue weighted by atomic mass is 19.4. The molecule has 4 heterocycles. The maximum absolute atomic E-state index is 13.1. The van der Waals surface area contributed by atoms with Crippen molar-refractivity contribution in [3.63, 3.8) is 0 Å². The number of aryl methyl sites for hydroxylation is 1. The quantitative estimate of drug-likeness (QED) is 0.509. The summed E-state index contributed by atoms with van der Waals surface area (Å²) in [5, 5.41) is 0. The third-order valence-corrected chi connectivity index (χ3v) is 7.19. The van der Waals surface area contributed by atoms with Crippen LogP contribution in [0.2, 0.25) is 0 Å².